The second-order valence-electron chi connectivity index (χ2n) is 9.59. The summed E-state index contributed by atoms with van der Waals surface area (Å²) in [6.07, 6.45) is 3.87. The van der Waals surface area contributed by atoms with Crippen LogP contribution in [0.3, 0.4) is 0 Å². The van der Waals surface area contributed by atoms with Crippen LogP contribution in [0, 0.1) is 0 Å². The Morgan fingerprint density at radius 3 is 2.10 bits per heavy atom. The Hall–Kier alpha value is -0.970. The minimum atomic E-state index is -0.0804. The molecule has 0 saturated carbocycles. The Morgan fingerprint density at radius 2 is 1.60 bits per heavy atom. The SMILES string of the molecule is CN1C(C)(C)CC(OC(=O)CCCc2ccc(N(CCCl)CCCl)cc2)CC1(C)C. The number of anilines is 1. The van der Waals surface area contributed by atoms with Crippen molar-refractivity contribution in [2.45, 2.75) is 77.0 Å². The van der Waals surface area contributed by atoms with E-state index in [0.717, 1.165) is 44.5 Å². The molecule has 1 heterocycles. The Kier molecular flexibility index (Phi) is 9.32. The van der Waals surface area contributed by atoms with Crippen molar-refractivity contribution in [2.75, 3.05) is 36.8 Å². The number of hydrogen-bond acceptors (Lipinski definition) is 4. The molecule has 1 fully saturated rings. The zero-order chi connectivity index (χ0) is 22.4. The third-order valence-corrected chi connectivity index (χ3v) is 6.76. The zero-order valence-corrected chi connectivity index (χ0v) is 20.7. The monoisotopic (exact) mass is 456 g/mol. The average Bonchev–Trinajstić information content (AvgIpc) is 2.66. The lowest BCUT2D eigenvalue weighted by Gasteiger charge is -2.53. The Labute approximate surface area is 192 Å². The fourth-order valence-corrected chi connectivity index (χ4v) is 4.90. The number of likely N-dealkylation sites (tertiary alicyclic amines) is 1. The van der Waals surface area contributed by atoms with Crippen LogP contribution in [-0.2, 0) is 16.0 Å². The fraction of sp³-hybridized carbons (Fsp3) is 0.708. The average molecular weight is 457 g/mol. The summed E-state index contributed by atoms with van der Waals surface area (Å²) < 4.78 is 5.86. The lowest BCUT2D eigenvalue weighted by molar-refractivity contribution is -0.159. The van der Waals surface area contributed by atoms with E-state index in [0.29, 0.717) is 18.2 Å². The zero-order valence-electron chi connectivity index (χ0n) is 19.2. The van der Waals surface area contributed by atoms with Crippen molar-refractivity contribution in [3.63, 3.8) is 0 Å². The number of alkyl halides is 2. The number of aryl methyl sites for hydroxylation is 1. The number of rotatable bonds is 10. The van der Waals surface area contributed by atoms with Gasteiger partial charge in [0.05, 0.1) is 0 Å². The number of benzene rings is 1. The van der Waals surface area contributed by atoms with Crippen LogP contribution in [0.4, 0.5) is 5.69 Å². The predicted octanol–water partition coefficient (Wildman–Crippen LogP) is 5.49. The van der Waals surface area contributed by atoms with Crippen molar-refractivity contribution < 1.29 is 9.53 Å². The van der Waals surface area contributed by atoms with E-state index in [1.165, 1.54) is 5.56 Å². The van der Waals surface area contributed by atoms with E-state index in [-0.39, 0.29) is 23.2 Å². The van der Waals surface area contributed by atoms with Crippen LogP contribution in [-0.4, -0.2) is 59.9 Å². The molecule has 0 radical (unpaired) electrons. The highest BCUT2D eigenvalue weighted by Gasteiger charge is 2.44. The van der Waals surface area contributed by atoms with Crippen molar-refractivity contribution in [1.82, 2.24) is 4.90 Å². The minimum Gasteiger partial charge on any atom is -0.462 e. The van der Waals surface area contributed by atoms with E-state index in [4.69, 9.17) is 27.9 Å². The van der Waals surface area contributed by atoms with Crippen LogP contribution < -0.4 is 4.90 Å². The first-order chi connectivity index (χ1) is 14.1. The lowest BCUT2D eigenvalue weighted by Crippen LogP contribution is -2.60. The number of piperidine rings is 1. The van der Waals surface area contributed by atoms with Gasteiger partial charge < -0.3 is 9.64 Å². The Bertz CT molecular complexity index is 652. The van der Waals surface area contributed by atoms with Gasteiger partial charge in [0, 0.05) is 60.9 Å². The first-order valence-corrected chi connectivity index (χ1v) is 12.1. The van der Waals surface area contributed by atoms with Crippen molar-refractivity contribution in [1.29, 1.82) is 0 Å². The molecule has 30 heavy (non-hydrogen) atoms. The summed E-state index contributed by atoms with van der Waals surface area (Å²) in [4.78, 5) is 17.0. The van der Waals surface area contributed by atoms with Crippen molar-refractivity contribution in [3.8, 4) is 0 Å². The smallest absolute Gasteiger partial charge is 0.306 e. The molecular weight excluding hydrogens is 419 g/mol. The van der Waals surface area contributed by atoms with E-state index >= 15 is 0 Å². The summed E-state index contributed by atoms with van der Waals surface area (Å²) in [5.41, 5.74) is 2.40. The molecular formula is C24H38Cl2N2O2. The van der Waals surface area contributed by atoms with Gasteiger partial charge in [-0.1, -0.05) is 12.1 Å². The van der Waals surface area contributed by atoms with Gasteiger partial charge in [0.15, 0.2) is 0 Å². The highest BCUT2D eigenvalue weighted by Crippen LogP contribution is 2.38. The summed E-state index contributed by atoms with van der Waals surface area (Å²) in [6.45, 7) is 10.5. The Morgan fingerprint density at radius 1 is 1.07 bits per heavy atom. The first-order valence-electron chi connectivity index (χ1n) is 11.0. The third kappa shape index (κ3) is 7.03. The van der Waals surface area contributed by atoms with Crippen LogP contribution in [0.1, 0.15) is 58.9 Å². The van der Waals surface area contributed by atoms with Gasteiger partial charge in [-0.15, -0.1) is 23.2 Å². The van der Waals surface area contributed by atoms with Crippen LogP contribution in [0.25, 0.3) is 0 Å². The van der Waals surface area contributed by atoms with E-state index in [2.05, 4.69) is 68.8 Å². The second kappa shape index (κ2) is 11.1. The van der Waals surface area contributed by atoms with Crippen LogP contribution in [0.15, 0.2) is 24.3 Å². The van der Waals surface area contributed by atoms with Crippen LogP contribution in [0.2, 0.25) is 0 Å². The molecule has 0 unspecified atom stereocenters. The molecule has 2 rings (SSSR count). The second-order valence-corrected chi connectivity index (χ2v) is 10.3. The first kappa shape index (κ1) is 25.3. The lowest BCUT2D eigenvalue weighted by atomic mass is 9.79. The summed E-state index contributed by atoms with van der Waals surface area (Å²) in [5.74, 6) is 1.07. The summed E-state index contributed by atoms with van der Waals surface area (Å²) >= 11 is 11.8. The number of esters is 1. The maximum atomic E-state index is 12.4. The fourth-order valence-electron chi connectivity index (χ4n) is 4.49. The quantitative estimate of drug-likeness (QED) is 0.344. The summed E-state index contributed by atoms with van der Waals surface area (Å²) in [7, 11) is 2.16. The third-order valence-electron chi connectivity index (χ3n) is 6.43. The number of halogens is 2. The van der Waals surface area contributed by atoms with E-state index < -0.39 is 0 Å². The van der Waals surface area contributed by atoms with Crippen molar-refractivity contribution >= 4 is 34.9 Å². The highest BCUT2D eigenvalue weighted by atomic mass is 35.5. The number of carbonyl (C=O) groups is 1. The predicted molar refractivity (Wildman–Crippen MR) is 128 cm³/mol. The molecule has 0 aromatic heterocycles. The van der Waals surface area contributed by atoms with Crippen LogP contribution >= 0.6 is 23.2 Å². The van der Waals surface area contributed by atoms with Gasteiger partial charge in [-0.3, -0.25) is 9.69 Å². The maximum Gasteiger partial charge on any atom is 0.306 e. The minimum absolute atomic E-state index is 0.00664. The summed E-state index contributed by atoms with van der Waals surface area (Å²) in [6, 6.07) is 8.46. The molecule has 0 N–H and O–H groups in total. The highest BCUT2D eigenvalue weighted by molar-refractivity contribution is 6.18. The molecule has 1 aliphatic heterocycles. The maximum absolute atomic E-state index is 12.4. The van der Waals surface area contributed by atoms with Gasteiger partial charge in [0.25, 0.3) is 0 Å². The van der Waals surface area contributed by atoms with Crippen molar-refractivity contribution in [3.05, 3.63) is 29.8 Å². The van der Waals surface area contributed by atoms with Gasteiger partial charge in [0.2, 0.25) is 0 Å². The number of hydrogen-bond donors (Lipinski definition) is 0. The molecule has 6 heteroatoms. The molecule has 0 amide bonds. The van der Waals surface area contributed by atoms with Gasteiger partial charge in [0.1, 0.15) is 6.10 Å². The van der Waals surface area contributed by atoms with Gasteiger partial charge in [-0.05, 0) is 65.3 Å². The Balaban J connectivity index is 1.80. The van der Waals surface area contributed by atoms with Gasteiger partial charge in [-0.25, -0.2) is 0 Å². The normalized spacial score (nSPS) is 18.9. The number of nitrogens with zero attached hydrogens (tertiary/aromatic N) is 2. The standard InChI is InChI=1S/C24H38Cl2N2O2/c1-23(2)17-21(18-24(3,4)27(23)5)30-22(29)8-6-7-19-9-11-20(12-10-19)28(15-13-25)16-14-26/h9-12,21H,6-8,13-18H2,1-5H3. The molecule has 0 atom stereocenters. The molecule has 1 aliphatic rings. The van der Waals surface area contributed by atoms with Crippen LogP contribution in [0.5, 0.6) is 0 Å². The number of carbonyl (C=O) groups excluding carboxylic acids is 1. The van der Waals surface area contributed by atoms with E-state index in [1.807, 2.05) is 0 Å². The van der Waals surface area contributed by atoms with E-state index in [1.54, 1.807) is 0 Å². The molecule has 170 valence electrons. The molecule has 0 aliphatic carbocycles. The molecule has 0 bridgehead atoms. The molecule has 1 aromatic carbocycles. The van der Waals surface area contributed by atoms with Gasteiger partial charge >= 0.3 is 5.97 Å². The molecule has 1 saturated heterocycles. The molecule has 1 aromatic rings. The van der Waals surface area contributed by atoms with Crippen molar-refractivity contribution in [2.24, 2.45) is 0 Å². The van der Waals surface area contributed by atoms with E-state index in [9.17, 15) is 4.79 Å². The van der Waals surface area contributed by atoms with Gasteiger partial charge in [-0.2, -0.15) is 0 Å². The topological polar surface area (TPSA) is 32.8 Å². The summed E-state index contributed by atoms with van der Waals surface area (Å²) in [5, 5.41) is 0. The molecule has 4 nitrogen and oxygen atoms in total. The number of ether oxygens (including phenoxy) is 1. The largest absolute Gasteiger partial charge is 0.462 e. The molecule has 0 spiro atoms.